The van der Waals surface area contributed by atoms with Gasteiger partial charge in [-0.2, -0.15) is 0 Å². The highest BCUT2D eigenvalue weighted by atomic mass is 15.6. The van der Waals surface area contributed by atoms with E-state index in [1.165, 1.54) is 57.4 Å². The molecule has 2 fully saturated rings. The number of hydrogen-bond donors (Lipinski definition) is 2. The molecule has 2 heterocycles. The van der Waals surface area contributed by atoms with Crippen molar-refractivity contribution >= 4 is 0 Å². The molecule has 6 heteroatoms. The Morgan fingerprint density at radius 2 is 1.75 bits per heavy atom. The maximum atomic E-state index is 4.51. The standard InChI is InChI=1S/C18H26N6/c1-22-11-13-23(14-12-22)17(15-7-3-2-4-8-15)18-19-20-21-24(18)16-9-5-6-10-16/h2-4,7-8,16-17H,5-6,9-14H2,1H3/p+2/t17-/m0/s1. The first-order valence-electron chi connectivity index (χ1n) is 9.31. The summed E-state index contributed by atoms with van der Waals surface area (Å²) in [5.74, 6) is 1.06. The third-order valence-corrected chi connectivity index (χ3v) is 5.73. The summed E-state index contributed by atoms with van der Waals surface area (Å²) in [6, 6.07) is 11.5. The Kier molecular flexibility index (Phi) is 4.58. The Balaban J connectivity index is 1.69. The molecule has 1 aromatic carbocycles. The smallest absolute Gasteiger partial charge is 0.214 e. The quantitative estimate of drug-likeness (QED) is 0.780. The molecule has 6 nitrogen and oxygen atoms in total. The van der Waals surface area contributed by atoms with Crippen molar-refractivity contribution in [1.29, 1.82) is 0 Å². The first-order valence-corrected chi connectivity index (χ1v) is 9.31. The molecule has 0 radical (unpaired) electrons. The van der Waals surface area contributed by atoms with E-state index in [1.807, 2.05) is 0 Å². The predicted octanol–water partition coefficient (Wildman–Crippen LogP) is -0.709. The van der Waals surface area contributed by atoms with Gasteiger partial charge >= 0.3 is 0 Å². The van der Waals surface area contributed by atoms with Crippen molar-refractivity contribution in [2.45, 2.75) is 37.8 Å². The van der Waals surface area contributed by atoms with Gasteiger partial charge in [-0.3, -0.25) is 0 Å². The van der Waals surface area contributed by atoms with Gasteiger partial charge in [0.15, 0.2) is 6.04 Å². The zero-order valence-electron chi connectivity index (χ0n) is 14.5. The zero-order valence-corrected chi connectivity index (χ0v) is 14.5. The highest BCUT2D eigenvalue weighted by Crippen LogP contribution is 2.31. The van der Waals surface area contributed by atoms with Crippen molar-refractivity contribution in [3.8, 4) is 0 Å². The normalized spacial score (nSPS) is 26.5. The van der Waals surface area contributed by atoms with Crippen molar-refractivity contribution in [2.75, 3.05) is 33.2 Å². The van der Waals surface area contributed by atoms with Gasteiger partial charge in [0.05, 0.1) is 13.1 Å². The highest BCUT2D eigenvalue weighted by molar-refractivity contribution is 5.22. The van der Waals surface area contributed by atoms with Crippen molar-refractivity contribution in [1.82, 2.24) is 20.2 Å². The van der Waals surface area contributed by atoms with Crippen LogP contribution in [0.2, 0.25) is 0 Å². The number of piperazine rings is 1. The van der Waals surface area contributed by atoms with Crippen LogP contribution in [0.3, 0.4) is 0 Å². The van der Waals surface area contributed by atoms with E-state index in [9.17, 15) is 0 Å². The van der Waals surface area contributed by atoms with Crippen molar-refractivity contribution in [3.63, 3.8) is 0 Å². The van der Waals surface area contributed by atoms with Crippen molar-refractivity contribution in [2.24, 2.45) is 0 Å². The Morgan fingerprint density at radius 3 is 2.46 bits per heavy atom. The fourth-order valence-electron chi connectivity index (χ4n) is 4.30. The molecule has 1 atom stereocenters. The topological polar surface area (TPSA) is 52.5 Å². The van der Waals surface area contributed by atoms with E-state index in [-0.39, 0.29) is 6.04 Å². The van der Waals surface area contributed by atoms with Crippen LogP contribution in [0.1, 0.15) is 49.2 Å². The second-order valence-electron chi connectivity index (χ2n) is 7.38. The van der Waals surface area contributed by atoms with Crippen LogP contribution in [-0.4, -0.2) is 53.4 Å². The summed E-state index contributed by atoms with van der Waals surface area (Å²) < 4.78 is 2.14. The lowest BCUT2D eigenvalue weighted by molar-refractivity contribution is -1.02. The lowest BCUT2D eigenvalue weighted by Crippen LogP contribution is -3.27. The molecule has 2 aliphatic rings. The molecular formula is C18H28N6+2. The molecule has 128 valence electrons. The van der Waals surface area contributed by atoms with Crippen LogP contribution in [0.4, 0.5) is 0 Å². The molecule has 1 aromatic heterocycles. The molecule has 0 unspecified atom stereocenters. The number of quaternary nitrogens is 2. The lowest BCUT2D eigenvalue weighted by atomic mass is 10.0. The number of tetrazole rings is 1. The van der Waals surface area contributed by atoms with Gasteiger partial charge in [-0.15, -0.1) is 5.10 Å². The van der Waals surface area contributed by atoms with E-state index < -0.39 is 0 Å². The fourth-order valence-corrected chi connectivity index (χ4v) is 4.30. The Hall–Kier alpha value is -1.79. The second-order valence-corrected chi connectivity index (χ2v) is 7.38. The summed E-state index contributed by atoms with van der Waals surface area (Å²) in [5, 5.41) is 13.0. The Bertz CT molecular complexity index is 641. The molecule has 4 rings (SSSR count). The van der Waals surface area contributed by atoms with E-state index in [2.05, 4.69) is 57.6 Å². The number of benzene rings is 1. The number of hydrogen-bond acceptors (Lipinski definition) is 3. The van der Waals surface area contributed by atoms with E-state index in [0.29, 0.717) is 6.04 Å². The van der Waals surface area contributed by atoms with E-state index in [0.717, 1.165) is 5.82 Å². The van der Waals surface area contributed by atoms with E-state index in [4.69, 9.17) is 0 Å². The SMILES string of the molecule is C[NH+]1CC[NH+]([C@@H](c2ccccc2)c2nnnn2C2CCCC2)CC1. The van der Waals surface area contributed by atoms with Crippen LogP contribution < -0.4 is 9.80 Å². The van der Waals surface area contributed by atoms with Gasteiger partial charge in [0.1, 0.15) is 26.2 Å². The van der Waals surface area contributed by atoms with Crippen molar-refractivity contribution in [3.05, 3.63) is 41.7 Å². The molecular weight excluding hydrogens is 300 g/mol. The largest absolute Gasteiger partial charge is 0.328 e. The maximum Gasteiger partial charge on any atom is 0.214 e. The van der Waals surface area contributed by atoms with Gasteiger partial charge in [-0.05, 0) is 23.3 Å². The molecule has 2 N–H and O–H groups in total. The second kappa shape index (κ2) is 6.99. The molecule has 2 aromatic rings. The first-order chi connectivity index (χ1) is 11.8. The molecule has 1 saturated carbocycles. The van der Waals surface area contributed by atoms with Crippen LogP contribution in [0.25, 0.3) is 0 Å². The van der Waals surface area contributed by atoms with Gasteiger partial charge in [0, 0.05) is 5.56 Å². The lowest BCUT2D eigenvalue weighted by Gasteiger charge is -2.33. The molecule has 1 saturated heterocycles. The summed E-state index contributed by atoms with van der Waals surface area (Å²) >= 11 is 0. The average molecular weight is 328 g/mol. The Morgan fingerprint density at radius 1 is 1.04 bits per heavy atom. The summed E-state index contributed by atoms with van der Waals surface area (Å²) in [5.41, 5.74) is 1.33. The minimum absolute atomic E-state index is 0.245. The summed E-state index contributed by atoms with van der Waals surface area (Å²) in [6.45, 7) is 4.76. The van der Waals surface area contributed by atoms with E-state index in [1.54, 1.807) is 9.80 Å². The summed E-state index contributed by atoms with van der Waals surface area (Å²) in [6.07, 6.45) is 5.01. The van der Waals surface area contributed by atoms with Crippen LogP contribution in [0, 0.1) is 0 Å². The molecule has 0 bridgehead atoms. The molecule has 1 aliphatic heterocycles. The minimum Gasteiger partial charge on any atom is -0.328 e. The minimum atomic E-state index is 0.245. The average Bonchev–Trinajstić information content (AvgIpc) is 3.29. The van der Waals surface area contributed by atoms with Gasteiger partial charge in [-0.25, -0.2) is 4.68 Å². The van der Waals surface area contributed by atoms with Gasteiger partial charge < -0.3 is 9.80 Å². The van der Waals surface area contributed by atoms with Crippen LogP contribution in [0.15, 0.2) is 30.3 Å². The number of nitrogens with one attached hydrogen (secondary N) is 2. The third-order valence-electron chi connectivity index (χ3n) is 5.73. The predicted molar refractivity (Wildman–Crippen MR) is 90.9 cm³/mol. The van der Waals surface area contributed by atoms with Crippen LogP contribution >= 0.6 is 0 Å². The summed E-state index contributed by atoms with van der Waals surface area (Å²) in [7, 11) is 2.29. The van der Waals surface area contributed by atoms with Gasteiger partial charge in [0.25, 0.3) is 0 Å². The molecule has 0 spiro atoms. The number of aromatic nitrogens is 4. The summed E-state index contributed by atoms with van der Waals surface area (Å²) in [4.78, 5) is 3.22. The number of rotatable bonds is 4. The van der Waals surface area contributed by atoms with E-state index >= 15 is 0 Å². The van der Waals surface area contributed by atoms with Crippen LogP contribution in [-0.2, 0) is 0 Å². The molecule has 0 amide bonds. The highest BCUT2D eigenvalue weighted by Gasteiger charge is 2.36. The monoisotopic (exact) mass is 328 g/mol. The number of nitrogens with zero attached hydrogens (tertiary/aromatic N) is 4. The number of likely N-dealkylation sites (N-methyl/N-ethyl adjacent to an activating group) is 1. The van der Waals surface area contributed by atoms with Crippen LogP contribution in [0.5, 0.6) is 0 Å². The molecule has 24 heavy (non-hydrogen) atoms. The van der Waals surface area contributed by atoms with Crippen molar-refractivity contribution < 1.29 is 9.80 Å². The van der Waals surface area contributed by atoms with Gasteiger partial charge in [0.2, 0.25) is 5.82 Å². The zero-order chi connectivity index (χ0) is 16.4. The van der Waals surface area contributed by atoms with Gasteiger partial charge in [-0.1, -0.05) is 43.2 Å². The molecule has 1 aliphatic carbocycles. The fraction of sp³-hybridized carbons (Fsp3) is 0.611. The Labute approximate surface area is 143 Å². The third kappa shape index (κ3) is 3.08. The first kappa shape index (κ1) is 15.7. The maximum absolute atomic E-state index is 4.51.